The normalized spacial score (nSPS) is 10.3. The van der Waals surface area contributed by atoms with E-state index in [2.05, 4.69) is 15.6 Å². The summed E-state index contributed by atoms with van der Waals surface area (Å²) in [7, 11) is 0. The number of amides is 1. The van der Waals surface area contributed by atoms with E-state index in [0.29, 0.717) is 24.4 Å². The van der Waals surface area contributed by atoms with Crippen molar-refractivity contribution in [3.05, 3.63) is 53.6 Å². The Hall–Kier alpha value is -2.57. The summed E-state index contributed by atoms with van der Waals surface area (Å²) in [5.74, 6) is -4.36. The lowest BCUT2D eigenvalue weighted by Gasteiger charge is -2.11. The minimum Gasteiger partial charge on any atom is -0.383 e. The van der Waals surface area contributed by atoms with Gasteiger partial charge in [0.05, 0.1) is 23.1 Å². The molecule has 0 saturated carbocycles. The van der Waals surface area contributed by atoms with Crippen LogP contribution in [0, 0.1) is 17.5 Å². The van der Waals surface area contributed by atoms with Gasteiger partial charge in [-0.3, -0.25) is 9.78 Å². The summed E-state index contributed by atoms with van der Waals surface area (Å²) in [6.45, 7) is 2.38. The number of carbonyl (C=O) groups excluding carboxylic acids is 1. The van der Waals surface area contributed by atoms with Crippen LogP contribution >= 0.6 is 0 Å². The maximum atomic E-state index is 13.5. The third-order valence-corrected chi connectivity index (χ3v) is 2.67. The Morgan fingerprint density at radius 3 is 2.71 bits per heavy atom. The van der Waals surface area contributed by atoms with Crippen LogP contribution in [0.3, 0.4) is 0 Å². The lowest BCUT2D eigenvalue weighted by atomic mass is 10.2. The van der Waals surface area contributed by atoms with Crippen molar-refractivity contribution < 1.29 is 18.0 Å². The first kappa shape index (κ1) is 14.8. The quantitative estimate of drug-likeness (QED) is 0.852. The first-order valence-corrected chi connectivity index (χ1v) is 6.16. The van der Waals surface area contributed by atoms with Crippen molar-refractivity contribution in [2.24, 2.45) is 0 Å². The van der Waals surface area contributed by atoms with Gasteiger partial charge in [0.25, 0.3) is 5.91 Å². The Labute approximate surface area is 119 Å². The van der Waals surface area contributed by atoms with E-state index >= 15 is 0 Å². The third kappa shape index (κ3) is 3.31. The minimum atomic E-state index is -1.37. The minimum absolute atomic E-state index is 0.191. The second kappa shape index (κ2) is 6.25. The van der Waals surface area contributed by atoms with E-state index in [0.717, 1.165) is 0 Å². The Kier molecular flexibility index (Phi) is 4.42. The summed E-state index contributed by atoms with van der Waals surface area (Å²) >= 11 is 0. The molecule has 2 rings (SSSR count). The molecule has 0 bridgehead atoms. The summed E-state index contributed by atoms with van der Waals surface area (Å²) in [5, 5.41) is 5.06. The monoisotopic (exact) mass is 295 g/mol. The number of hydrogen-bond acceptors (Lipinski definition) is 3. The van der Waals surface area contributed by atoms with E-state index in [1.165, 1.54) is 18.5 Å². The summed E-state index contributed by atoms with van der Waals surface area (Å²) in [5.41, 5.74) is 0.0717. The molecule has 21 heavy (non-hydrogen) atoms. The van der Waals surface area contributed by atoms with E-state index in [1.54, 1.807) is 0 Å². The number of pyridine rings is 1. The van der Waals surface area contributed by atoms with Gasteiger partial charge in [-0.05, 0) is 13.0 Å². The van der Waals surface area contributed by atoms with Crippen LogP contribution in [0.25, 0.3) is 0 Å². The van der Waals surface area contributed by atoms with Gasteiger partial charge in [0, 0.05) is 24.9 Å². The van der Waals surface area contributed by atoms with Gasteiger partial charge in [-0.2, -0.15) is 0 Å². The number of rotatable bonds is 4. The Bertz CT molecular complexity index is 677. The van der Waals surface area contributed by atoms with Crippen LogP contribution in [0.1, 0.15) is 17.3 Å². The number of hydrogen-bond donors (Lipinski definition) is 2. The molecule has 0 radical (unpaired) electrons. The van der Waals surface area contributed by atoms with Crippen molar-refractivity contribution in [2.45, 2.75) is 6.92 Å². The van der Waals surface area contributed by atoms with Crippen LogP contribution < -0.4 is 10.6 Å². The van der Waals surface area contributed by atoms with Gasteiger partial charge in [-0.15, -0.1) is 0 Å². The standard InChI is InChI=1S/C14H12F3N3O/c1-2-19-12-7-18-4-3-9(12)14(21)20-11-6-8(15)5-10(16)13(11)17/h3-7,19H,2H2,1H3,(H,20,21). The highest BCUT2D eigenvalue weighted by atomic mass is 19.2. The van der Waals surface area contributed by atoms with Gasteiger partial charge in [0.2, 0.25) is 0 Å². The molecule has 1 aromatic heterocycles. The van der Waals surface area contributed by atoms with Gasteiger partial charge in [0.1, 0.15) is 5.82 Å². The van der Waals surface area contributed by atoms with E-state index in [4.69, 9.17) is 0 Å². The first-order valence-electron chi connectivity index (χ1n) is 6.16. The van der Waals surface area contributed by atoms with Crippen molar-refractivity contribution >= 4 is 17.3 Å². The Morgan fingerprint density at radius 1 is 1.24 bits per heavy atom. The second-order valence-electron chi connectivity index (χ2n) is 4.15. The third-order valence-electron chi connectivity index (χ3n) is 2.67. The zero-order chi connectivity index (χ0) is 15.4. The number of aromatic nitrogens is 1. The Balaban J connectivity index is 2.31. The van der Waals surface area contributed by atoms with Gasteiger partial charge >= 0.3 is 0 Å². The van der Waals surface area contributed by atoms with Crippen LogP contribution in [0.5, 0.6) is 0 Å². The zero-order valence-corrected chi connectivity index (χ0v) is 11.1. The van der Waals surface area contributed by atoms with Crippen molar-refractivity contribution in [2.75, 3.05) is 17.2 Å². The number of nitrogens with one attached hydrogen (secondary N) is 2. The summed E-state index contributed by atoms with van der Waals surface area (Å²) in [6, 6.07) is 2.53. The molecule has 0 aliphatic carbocycles. The van der Waals surface area contributed by atoms with E-state index in [1.807, 2.05) is 6.92 Å². The molecule has 4 nitrogen and oxygen atoms in total. The topological polar surface area (TPSA) is 54.0 Å². The molecule has 2 N–H and O–H groups in total. The lowest BCUT2D eigenvalue weighted by molar-refractivity contribution is 0.102. The summed E-state index contributed by atoms with van der Waals surface area (Å²) in [6.07, 6.45) is 2.82. The Morgan fingerprint density at radius 2 is 2.00 bits per heavy atom. The SMILES string of the molecule is CCNc1cnccc1C(=O)Nc1cc(F)cc(F)c1F. The molecule has 0 aliphatic rings. The zero-order valence-electron chi connectivity index (χ0n) is 11.1. The molecule has 0 fully saturated rings. The average molecular weight is 295 g/mol. The van der Waals surface area contributed by atoms with Crippen molar-refractivity contribution in [1.82, 2.24) is 4.98 Å². The molecule has 1 aromatic carbocycles. The fourth-order valence-electron chi connectivity index (χ4n) is 1.76. The number of anilines is 2. The maximum absolute atomic E-state index is 13.5. The van der Waals surface area contributed by atoms with Crippen LogP contribution in [0.4, 0.5) is 24.5 Å². The predicted octanol–water partition coefficient (Wildman–Crippen LogP) is 3.18. The summed E-state index contributed by atoms with van der Waals surface area (Å²) < 4.78 is 39.7. The second-order valence-corrected chi connectivity index (χ2v) is 4.15. The molecule has 0 atom stereocenters. The number of halogens is 3. The van der Waals surface area contributed by atoms with Crippen LogP contribution in [-0.4, -0.2) is 17.4 Å². The lowest BCUT2D eigenvalue weighted by Crippen LogP contribution is -2.16. The van der Waals surface area contributed by atoms with Gasteiger partial charge < -0.3 is 10.6 Å². The molecule has 1 amide bonds. The molecule has 0 saturated heterocycles. The molecule has 0 unspecified atom stereocenters. The number of nitrogens with zero attached hydrogens (tertiary/aromatic N) is 1. The molecule has 1 heterocycles. The highest BCUT2D eigenvalue weighted by Crippen LogP contribution is 2.21. The fraction of sp³-hybridized carbons (Fsp3) is 0.143. The van der Waals surface area contributed by atoms with Crippen molar-refractivity contribution in [1.29, 1.82) is 0 Å². The van der Waals surface area contributed by atoms with E-state index < -0.39 is 29.0 Å². The molecule has 7 heteroatoms. The molecular formula is C14H12F3N3O. The summed E-state index contributed by atoms with van der Waals surface area (Å²) in [4.78, 5) is 16.0. The fourth-order valence-corrected chi connectivity index (χ4v) is 1.76. The number of carbonyl (C=O) groups is 1. The van der Waals surface area contributed by atoms with Crippen molar-refractivity contribution in [3.8, 4) is 0 Å². The van der Waals surface area contributed by atoms with Crippen molar-refractivity contribution in [3.63, 3.8) is 0 Å². The molecule has 0 spiro atoms. The van der Waals surface area contributed by atoms with Gasteiger partial charge in [-0.1, -0.05) is 0 Å². The molecular weight excluding hydrogens is 283 g/mol. The van der Waals surface area contributed by atoms with E-state index in [-0.39, 0.29) is 5.56 Å². The average Bonchev–Trinajstić information content (AvgIpc) is 2.45. The highest BCUT2D eigenvalue weighted by molar-refractivity contribution is 6.07. The molecule has 0 aliphatic heterocycles. The van der Waals surface area contributed by atoms with Crippen LogP contribution in [-0.2, 0) is 0 Å². The van der Waals surface area contributed by atoms with Gasteiger partial charge in [0.15, 0.2) is 11.6 Å². The van der Waals surface area contributed by atoms with Gasteiger partial charge in [-0.25, -0.2) is 13.2 Å². The van der Waals surface area contributed by atoms with Crippen LogP contribution in [0.15, 0.2) is 30.6 Å². The number of benzene rings is 1. The van der Waals surface area contributed by atoms with E-state index in [9.17, 15) is 18.0 Å². The maximum Gasteiger partial charge on any atom is 0.257 e. The van der Waals surface area contributed by atoms with Crippen LogP contribution in [0.2, 0.25) is 0 Å². The predicted molar refractivity (Wildman–Crippen MR) is 72.7 cm³/mol. The largest absolute Gasteiger partial charge is 0.383 e. The first-order chi connectivity index (χ1) is 10.0. The highest BCUT2D eigenvalue weighted by Gasteiger charge is 2.16. The smallest absolute Gasteiger partial charge is 0.257 e. The molecule has 110 valence electrons. The molecule has 2 aromatic rings.